The van der Waals surface area contributed by atoms with E-state index in [1.165, 1.54) is 30.4 Å². The molecule has 3 rings (SSSR count). The first kappa shape index (κ1) is 22.1. The molecule has 1 N–H and O–H groups in total. The van der Waals surface area contributed by atoms with Crippen LogP contribution < -0.4 is 0 Å². The molecule has 0 spiro atoms. The second kappa shape index (κ2) is 10.9. The van der Waals surface area contributed by atoms with Gasteiger partial charge < -0.3 is 5.11 Å². The summed E-state index contributed by atoms with van der Waals surface area (Å²) in [5, 5.41) is 12.2. The molecule has 1 heterocycles. The van der Waals surface area contributed by atoms with Crippen molar-refractivity contribution < 1.29 is 5.11 Å². The van der Waals surface area contributed by atoms with E-state index < -0.39 is 5.60 Å². The zero-order chi connectivity index (χ0) is 20.5. The molecule has 0 bridgehead atoms. The van der Waals surface area contributed by atoms with E-state index >= 15 is 0 Å². The lowest BCUT2D eigenvalue weighted by Crippen LogP contribution is -2.55. The molecule has 1 aliphatic rings. The number of nitrogens with zero attached hydrogens (tertiary/aromatic N) is 1. The maximum absolute atomic E-state index is 12.2. The smallest absolute Gasteiger partial charge is 0.0808 e. The fraction of sp³-hybridized carbons (Fsp3) is 0.556. The lowest BCUT2D eigenvalue weighted by molar-refractivity contribution is -0.0716. The summed E-state index contributed by atoms with van der Waals surface area (Å²) in [6, 6.07) is 21.6. The Kier molecular flexibility index (Phi) is 8.32. The summed E-state index contributed by atoms with van der Waals surface area (Å²) in [5.74, 6) is 0.585. The zero-order valence-corrected chi connectivity index (χ0v) is 18.4. The summed E-state index contributed by atoms with van der Waals surface area (Å²) in [7, 11) is 0. The summed E-state index contributed by atoms with van der Waals surface area (Å²) in [5.41, 5.74) is 1.99. The standard InChI is InChI=1S/C27H39NO/c1-23(2)22-26(28-20-10-5-11-21-28)27(29,18-16-24-12-6-3-7-13-24)19-17-25-14-8-4-9-15-25/h3-4,6-9,12-15,23,26,29H,5,10-11,16-22H2,1-2H3/t26-/m0/s1. The number of piperidine rings is 1. The molecule has 0 saturated carbocycles. The molecule has 2 heteroatoms. The van der Waals surface area contributed by atoms with Gasteiger partial charge >= 0.3 is 0 Å². The zero-order valence-electron chi connectivity index (χ0n) is 18.4. The summed E-state index contributed by atoms with van der Waals surface area (Å²) in [6.07, 6.45) is 8.47. The first-order valence-corrected chi connectivity index (χ1v) is 11.6. The van der Waals surface area contributed by atoms with Gasteiger partial charge in [0.05, 0.1) is 5.60 Å². The van der Waals surface area contributed by atoms with Crippen molar-refractivity contribution in [1.82, 2.24) is 4.90 Å². The third kappa shape index (κ3) is 6.69. The summed E-state index contributed by atoms with van der Waals surface area (Å²) < 4.78 is 0. The number of aliphatic hydroxyl groups is 1. The van der Waals surface area contributed by atoms with Crippen LogP contribution in [0.4, 0.5) is 0 Å². The number of aryl methyl sites for hydroxylation is 2. The lowest BCUT2D eigenvalue weighted by atomic mass is 9.78. The molecular weight excluding hydrogens is 354 g/mol. The van der Waals surface area contributed by atoms with Crippen LogP contribution in [0.3, 0.4) is 0 Å². The van der Waals surface area contributed by atoms with Crippen molar-refractivity contribution in [3.05, 3.63) is 71.8 Å². The van der Waals surface area contributed by atoms with Gasteiger partial charge in [-0.3, -0.25) is 4.90 Å². The average molecular weight is 394 g/mol. The third-order valence-corrected chi connectivity index (χ3v) is 6.53. The third-order valence-electron chi connectivity index (χ3n) is 6.53. The van der Waals surface area contributed by atoms with Crippen LogP contribution in [-0.4, -0.2) is 34.7 Å². The first-order valence-electron chi connectivity index (χ1n) is 11.6. The van der Waals surface area contributed by atoms with Gasteiger partial charge in [-0.2, -0.15) is 0 Å². The van der Waals surface area contributed by atoms with Gasteiger partial charge in [0, 0.05) is 6.04 Å². The minimum atomic E-state index is -0.659. The Hall–Kier alpha value is -1.64. The van der Waals surface area contributed by atoms with Crippen molar-refractivity contribution in [2.45, 2.75) is 76.9 Å². The summed E-state index contributed by atoms with van der Waals surface area (Å²) in [4.78, 5) is 2.61. The first-order chi connectivity index (χ1) is 14.1. The van der Waals surface area contributed by atoms with Crippen molar-refractivity contribution in [3.8, 4) is 0 Å². The molecule has 29 heavy (non-hydrogen) atoms. The molecule has 0 unspecified atom stereocenters. The summed E-state index contributed by atoms with van der Waals surface area (Å²) in [6.45, 7) is 6.87. The van der Waals surface area contributed by atoms with E-state index in [9.17, 15) is 5.11 Å². The van der Waals surface area contributed by atoms with Crippen LogP contribution in [0.25, 0.3) is 0 Å². The van der Waals surface area contributed by atoms with Gasteiger partial charge in [0.25, 0.3) is 0 Å². The average Bonchev–Trinajstić information content (AvgIpc) is 2.77. The van der Waals surface area contributed by atoms with Crippen LogP contribution in [0.2, 0.25) is 0 Å². The van der Waals surface area contributed by atoms with E-state index in [-0.39, 0.29) is 6.04 Å². The van der Waals surface area contributed by atoms with Crippen LogP contribution in [0.1, 0.15) is 63.5 Å². The normalized spacial score (nSPS) is 16.8. The Morgan fingerprint density at radius 3 is 1.72 bits per heavy atom. The Morgan fingerprint density at radius 2 is 1.28 bits per heavy atom. The highest BCUT2D eigenvalue weighted by Gasteiger charge is 2.40. The molecule has 1 fully saturated rings. The lowest BCUT2D eigenvalue weighted by Gasteiger charge is -2.46. The van der Waals surface area contributed by atoms with E-state index in [2.05, 4.69) is 79.4 Å². The fourth-order valence-electron chi connectivity index (χ4n) is 4.85. The highest BCUT2D eigenvalue weighted by Crippen LogP contribution is 2.33. The largest absolute Gasteiger partial charge is 0.388 e. The van der Waals surface area contributed by atoms with Gasteiger partial charge in [-0.05, 0) is 75.1 Å². The Balaban J connectivity index is 1.80. The Labute approximate surface area is 178 Å². The van der Waals surface area contributed by atoms with Gasteiger partial charge in [-0.25, -0.2) is 0 Å². The van der Waals surface area contributed by atoms with Gasteiger partial charge in [0.15, 0.2) is 0 Å². The van der Waals surface area contributed by atoms with Gasteiger partial charge in [0.1, 0.15) is 0 Å². The molecule has 0 aliphatic carbocycles. The Bertz CT molecular complexity index is 647. The minimum absolute atomic E-state index is 0.246. The van der Waals surface area contributed by atoms with Crippen molar-refractivity contribution in [3.63, 3.8) is 0 Å². The molecule has 1 aliphatic heterocycles. The molecule has 1 saturated heterocycles. The highest BCUT2D eigenvalue weighted by atomic mass is 16.3. The van der Waals surface area contributed by atoms with E-state index in [1.54, 1.807) is 0 Å². The van der Waals surface area contributed by atoms with E-state index in [4.69, 9.17) is 0 Å². The van der Waals surface area contributed by atoms with Crippen molar-refractivity contribution in [2.24, 2.45) is 5.92 Å². The van der Waals surface area contributed by atoms with Crippen LogP contribution in [0.15, 0.2) is 60.7 Å². The molecule has 2 aromatic rings. The predicted molar refractivity (Wildman–Crippen MR) is 123 cm³/mol. The van der Waals surface area contributed by atoms with Gasteiger partial charge in [-0.15, -0.1) is 0 Å². The predicted octanol–water partition coefficient (Wildman–Crippen LogP) is 5.88. The van der Waals surface area contributed by atoms with Crippen molar-refractivity contribution in [1.29, 1.82) is 0 Å². The quantitative estimate of drug-likeness (QED) is 0.544. The molecule has 0 amide bonds. The van der Waals surface area contributed by atoms with E-state index in [0.717, 1.165) is 45.2 Å². The number of hydrogen-bond acceptors (Lipinski definition) is 2. The monoisotopic (exact) mass is 393 g/mol. The maximum Gasteiger partial charge on any atom is 0.0808 e. The molecule has 1 atom stereocenters. The topological polar surface area (TPSA) is 23.5 Å². The Morgan fingerprint density at radius 1 is 0.793 bits per heavy atom. The maximum atomic E-state index is 12.2. The van der Waals surface area contributed by atoms with E-state index in [1.807, 2.05) is 0 Å². The summed E-state index contributed by atoms with van der Waals surface area (Å²) >= 11 is 0. The molecule has 2 nitrogen and oxygen atoms in total. The van der Waals surface area contributed by atoms with Crippen LogP contribution in [-0.2, 0) is 12.8 Å². The number of likely N-dealkylation sites (tertiary alicyclic amines) is 1. The number of hydrogen-bond donors (Lipinski definition) is 1. The highest BCUT2D eigenvalue weighted by molar-refractivity contribution is 5.17. The van der Waals surface area contributed by atoms with E-state index in [0.29, 0.717) is 5.92 Å². The van der Waals surface area contributed by atoms with Crippen LogP contribution >= 0.6 is 0 Å². The number of rotatable bonds is 10. The van der Waals surface area contributed by atoms with Gasteiger partial charge in [0.2, 0.25) is 0 Å². The number of benzene rings is 2. The van der Waals surface area contributed by atoms with Crippen molar-refractivity contribution >= 4 is 0 Å². The van der Waals surface area contributed by atoms with Crippen LogP contribution in [0, 0.1) is 5.92 Å². The second-order valence-corrected chi connectivity index (χ2v) is 9.32. The molecule has 0 radical (unpaired) electrons. The molecule has 2 aromatic carbocycles. The molecular formula is C27H39NO. The molecule has 0 aromatic heterocycles. The van der Waals surface area contributed by atoms with Gasteiger partial charge in [-0.1, -0.05) is 80.9 Å². The second-order valence-electron chi connectivity index (χ2n) is 9.32. The SMILES string of the molecule is CC(C)C[C@H](N1CCCCC1)C(O)(CCc1ccccc1)CCc1ccccc1. The van der Waals surface area contributed by atoms with Crippen molar-refractivity contribution in [2.75, 3.05) is 13.1 Å². The minimum Gasteiger partial charge on any atom is -0.388 e. The van der Waals surface area contributed by atoms with Crippen LogP contribution in [0.5, 0.6) is 0 Å². The fourth-order valence-corrected chi connectivity index (χ4v) is 4.85. The molecule has 158 valence electrons.